The first-order valence-corrected chi connectivity index (χ1v) is 7.22. The maximum Gasteiger partial charge on any atom is 0.126 e. The summed E-state index contributed by atoms with van der Waals surface area (Å²) in [4.78, 5) is 6.24. The van der Waals surface area contributed by atoms with Gasteiger partial charge in [0, 0.05) is 37.2 Å². The van der Waals surface area contributed by atoms with Crippen LogP contribution >= 0.6 is 0 Å². The van der Waals surface area contributed by atoms with Crippen molar-refractivity contribution in [3.05, 3.63) is 59.2 Å². The highest BCUT2D eigenvalue weighted by molar-refractivity contribution is 5.57. The summed E-state index contributed by atoms with van der Waals surface area (Å²) in [5, 5.41) is 0. The van der Waals surface area contributed by atoms with Gasteiger partial charge in [0.15, 0.2) is 0 Å². The van der Waals surface area contributed by atoms with Gasteiger partial charge in [-0.05, 0) is 61.7 Å². The molecule has 0 saturated heterocycles. The SMILES string of the molecule is CCN(Cc1ccncc1)c1cc(C)c(F)cc1[C@H](C)N. The summed E-state index contributed by atoms with van der Waals surface area (Å²) in [6.07, 6.45) is 3.57. The third-order valence-corrected chi connectivity index (χ3v) is 3.64. The van der Waals surface area contributed by atoms with Gasteiger partial charge >= 0.3 is 0 Å². The zero-order valence-corrected chi connectivity index (χ0v) is 12.8. The maximum absolute atomic E-state index is 13.8. The standard InChI is InChI=1S/C17H22FN3/c1-4-21(11-14-5-7-20-8-6-14)17-9-12(2)16(18)10-15(17)13(3)19/h5-10,13H,4,11,19H2,1-3H3/t13-/m0/s1. The van der Waals surface area contributed by atoms with Crippen molar-refractivity contribution >= 4 is 5.69 Å². The molecule has 0 unspecified atom stereocenters. The van der Waals surface area contributed by atoms with Gasteiger partial charge in [-0.25, -0.2) is 4.39 Å². The van der Waals surface area contributed by atoms with E-state index >= 15 is 0 Å². The number of anilines is 1. The Balaban J connectivity index is 2.39. The summed E-state index contributed by atoms with van der Waals surface area (Å²) in [7, 11) is 0. The van der Waals surface area contributed by atoms with E-state index in [0.717, 1.165) is 24.3 Å². The van der Waals surface area contributed by atoms with E-state index in [9.17, 15) is 4.39 Å². The molecular weight excluding hydrogens is 265 g/mol. The lowest BCUT2D eigenvalue weighted by atomic mass is 10.0. The van der Waals surface area contributed by atoms with Crippen molar-refractivity contribution in [2.45, 2.75) is 33.4 Å². The first kappa shape index (κ1) is 15.4. The minimum Gasteiger partial charge on any atom is -0.367 e. The van der Waals surface area contributed by atoms with Gasteiger partial charge in [0.25, 0.3) is 0 Å². The van der Waals surface area contributed by atoms with Crippen LogP contribution in [0.25, 0.3) is 0 Å². The van der Waals surface area contributed by atoms with Gasteiger partial charge < -0.3 is 10.6 Å². The number of rotatable bonds is 5. The number of hydrogen-bond acceptors (Lipinski definition) is 3. The first-order chi connectivity index (χ1) is 10.0. The molecule has 1 aromatic heterocycles. The summed E-state index contributed by atoms with van der Waals surface area (Å²) in [5.41, 5.74) is 9.67. The summed E-state index contributed by atoms with van der Waals surface area (Å²) in [5.74, 6) is -0.203. The molecule has 0 fully saturated rings. The normalized spacial score (nSPS) is 12.2. The molecule has 1 heterocycles. The van der Waals surface area contributed by atoms with E-state index in [-0.39, 0.29) is 11.9 Å². The number of aromatic nitrogens is 1. The zero-order chi connectivity index (χ0) is 15.4. The van der Waals surface area contributed by atoms with Crippen LogP contribution in [0, 0.1) is 12.7 Å². The number of nitrogens with two attached hydrogens (primary N) is 1. The minimum atomic E-state index is -0.207. The molecule has 1 atom stereocenters. The number of hydrogen-bond donors (Lipinski definition) is 1. The molecule has 2 aromatic rings. The van der Waals surface area contributed by atoms with Crippen molar-refractivity contribution in [3.63, 3.8) is 0 Å². The summed E-state index contributed by atoms with van der Waals surface area (Å²) in [6, 6.07) is 7.22. The average Bonchev–Trinajstić information content (AvgIpc) is 2.48. The van der Waals surface area contributed by atoms with E-state index in [2.05, 4.69) is 16.8 Å². The number of aryl methyl sites for hydroxylation is 1. The van der Waals surface area contributed by atoms with Gasteiger partial charge in [0.05, 0.1) is 0 Å². The molecule has 0 bridgehead atoms. The average molecular weight is 287 g/mol. The molecule has 0 aliphatic rings. The Labute approximate surface area is 125 Å². The second kappa shape index (κ2) is 6.68. The Bertz CT molecular complexity index is 596. The number of pyridine rings is 1. The van der Waals surface area contributed by atoms with Crippen molar-refractivity contribution in [1.29, 1.82) is 0 Å². The molecule has 0 amide bonds. The molecule has 112 valence electrons. The summed E-state index contributed by atoms with van der Waals surface area (Å²) >= 11 is 0. The highest BCUT2D eigenvalue weighted by Crippen LogP contribution is 2.29. The Kier molecular flexibility index (Phi) is 4.91. The highest BCUT2D eigenvalue weighted by atomic mass is 19.1. The third-order valence-electron chi connectivity index (χ3n) is 3.64. The fourth-order valence-corrected chi connectivity index (χ4v) is 2.40. The van der Waals surface area contributed by atoms with Crippen LogP contribution in [0.2, 0.25) is 0 Å². The Hall–Kier alpha value is -1.94. The second-order valence-corrected chi connectivity index (χ2v) is 5.32. The van der Waals surface area contributed by atoms with E-state index < -0.39 is 0 Å². The van der Waals surface area contributed by atoms with E-state index in [1.165, 1.54) is 5.56 Å². The van der Waals surface area contributed by atoms with Crippen molar-refractivity contribution < 1.29 is 4.39 Å². The molecule has 2 rings (SSSR count). The van der Waals surface area contributed by atoms with Crippen LogP contribution in [-0.2, 0) is 6.54 Å². The largest absolute Gasteiger partial charge is 0.367 e. The van der Waals surface area contributed by atoms with Crippen LogP contribution in [0.15, 0.2) is 36.7 Å². The molecule has 0 aliphatic heterocycles. The first-order valence-electron chi connectivity index (χ1n) is 7.22. The van der Waals surface area contributed by atoms with Gasteiger partial charge in [-0.15, -0.1) is 0 Å². The molecule has 2 N–H and O–H groups in total. The highest BCUT2D eigenvalue weighted by Gasteiger charge is 2.16. The van der Waals surface area contributed by atoms with E-state index in [1.54, 1.807) is 25.4 Å². The fourth-order valence-electron chi connectivity index (χ4n) is 2.40. The molecule has 0 saturated carbocycles. The predicted molar refractivity (Wildman–Crippen MR) is 84.7 cm³/mol. The topological polar surface area (TPSA) is 42.2 Å². The van der Waals surface area contributed by atoms with E-state index in [4.69, 9.17) is 5.73 Å². The van der Waals surface area contributed by atoms with Gasteiger partial charge in [0.2, 0.25) is 0 Å². The number of halogens is 1. The Morgan fingerprint density at radius 3 is 2.52 bits per heavy atom. The molecule has 1 aromatic carbocycles. The second-order valence-electron chi connectivity index (χ2n) is 5.32. The molecule has 21 heavy (non-hydrogen) atoms. The lowest BCUT2D eigenvalue weighted by Crippen LogP contribution is -2.25. The Morgan fingerprint density at radius 2 is 1.95 bits per heavy atom. The maximum atomic E-state index is 13.8. The minimum absolute atomic E-state index is 0.203. The molecule has 3 nitrogen and oxygen atoms in total. The van der Waals surface area contributed by atoms with Crippen molar-refractivity contribution in [2.24, 2.45) is 5.73 Å². The quantitative estimate of drug-likeness (QED) is 0.914. The number of nitrogens with zero attached hydrogens (tertiary/aromatic N) is 2. The lowest BCUT2D eigenvalue weighted by molar-refractivity contribution is 0.612. The van der Waals surface area contributed by atoms with Gasteiger partial charge in [-0.1, -0.05) is 0 Å². The number of benzene rings is 1. The smallest absolute Gasteiger partial charge is 0.126 e. The lowest BCUT2D eigenvalue weighted by Gasteiger charge is -2.27. The van der Waals surface area contributed by atoms with E-state index in [0.29, 0.717) is 5.56 Å². The molecular formula is C17H22FN3. The monoisotopic (exact) mass is 287 g/mol. The molecule has 0 aliphatic carbocycles. The summed E-state index contributed by atoms with van der Waals surface area (Å²) < 4.78 is 13.8. The molecule has 0 spiro atoms. The summed E-state index contributed by atoms with van der Waals surface area (Å²) in [6.45, 7) is 7.33. The van der Waals surface area contributed by atoms with Crippen LogP contribution in [0.5, 0.6) is 0 Å². The predicted octanol–water partition coefficient (Wildman–Crippen LogP) is 3.58. The fraction of sp³-hybridized carbons (Fsp3) is 0.353. The molecule has 0 radical (unpaired) electrons. The van der Waals surface area contributed by atoms with Crippen LogP contribution < -0.4 is 10.6 Å². The van der Waals surface area contributed by atoms with Crippen LogP contribution in [0.1, 0.15) is 36.6 Å². The van der Waals surface area contributed by atoms with Gasteiger partial charge in [0.1, 0.15) is 5.82 Å². The van der Waals surface area contributed by atoms with Crippen molar-refractivity contribution in [1.82, 2.24) is 4.98 Å². The Morgan fingerprint density at radius 1 is 1.29 bits per heavy atom. The zero-order valence-electron chi connectivity index (χ0n) is 12.8. The van der Waals surface area contributed by atoms with Crippen molar-refractivity contribution in [2.75, 3.05) is 11.4 Å². The van der Waals surface area contributed by atoms with Crippen LogP contribution in [0.3, 0.4) is 0 Å². The van der Waals surface area contributed by atoms with Crippen LogP contribution in [0.4, 0.5) is 10.1 Å². The molecule has 4 heteroatoms. The van der Waals surface area contributed by atoms with E-state index in [1.807, 2.05) is 25.1 Å². The van der Waals surface area contributed by atoms with Crippen LogP contribution in [-0.4, -0.2) is 11.5 Å². The van der Waals surface area contributed by atoms with Gasteiger partial charge in [-0.2, -0.15) is 0 Å². The van der Waals surface area contributed by atoms with Crippen molar-refractivity contribution in [3.8, 4) is 0 Å². The third kappa shape index (κ3) is 3.58. The van der Waals surface area contributed by atoms with Gasteiger partial charge in [-0.3, -0.25) is 4.98 Å².